The molecule has 0 aliphatic heterocycles. The summed E-state index contributed by atoms with van der Waals surface area (Å²) in [7, 11) is 0. The van der Waals surface area contributed by atoms with Gasteiger partial charge in [-0.2, -0.15) is 0 Å². The topological polar surface area (TPSA) is 64.6 Å². The SMILES string of the molecule is C#CCOC(=O)NC(CCCC)C(=O)OCC#C. The molecule has 0 bridgehead atoms. The van der Waals surface area contributed by atoms with E-state index >= 15 is 0 Å². The van der Waals surface area contributed by atoms with Gasteiger partial charge in [-0.25, -0.2) is 9.59 Å². The average Bonchev–Trinajstić information content (AvgIpc) is 2.38. The Bertz CT molecular complexity index is 351. The number of nitrogens with one attached hydrogen (secondary N) is 1. The van der Waals surface area contributed by atoms with Crippen LogP contribution in [0.5, 0.6) is 0 Å². The molecule has 0 aromatic carbocycles. The summed E-state index contributed by atoms with van der Waals surface area (Å²) in [5, 5.41) is 2.40. The van der Waals surface area contributed by atoms with Gasteiger partial charge < -0.3 is 14.8 Å². The zero-order chi connectivity index (χ0) is 13.8. The fourth-order valence-electron chi connectivity index (χ4n) is 1.16. The van der Waals surface area contributed by atoms with Crippen LogP contribution in [-0.4, -0.2) is 31.3 Å². The fraction of sp³-hybridized carbons (Fsp3) is 0.538. The number of rotatable bonds is 7. The summed E-state index contributed by atoms with van der Waals surface area (Å²) < 4.78 is 9.39. The van der Waals surface area contributed by atoms with Crippen molar-refractivity contribution in [1.82, 2.24) is 5.32 Å². The summed E-state index contributed by atoms with van der Waals surface area (Å²) in [6.07, 6.45) is 11.3. The molecule has 18 heavy (non-hydrogen) atoms. The van der Waals surface area contributed by atoms with Crippen LogP contribution < -0.4 is 5.32 Å². The first-order valence-corrected chi connectivity index (χ1v) is 5.62. The highest BCUT2D eigenvalue weighted by molar-refractivity contribution is 5.81. The molecule has 1 amide bonds. The van der Waals surface area contributed by atoms with Gasteiger partial charge in [0.1, 0.15) is 6.04 Å². The Morgan fingerprint density at radius 1 is 1.22 bits per heavy atom. The molecule has 0 spiro atoms. The van der Waals surface area contributed by atoms with E-state index in [2.05, 4.69) is 21.9 Å². The normalized spacial score (nSPS) is 10.6. The van der Waals surface area contributed by atoms with Crippen molar-refractivity contribution >= 4 is 12.1 Å². The third-order valence-corrected chi connectivity index (χ3v) is 2.01. The number of terminal acetylenes is 2. The van der Waals surface area contributed by atoms with Crippen molar-refractivity contribution in [2.24, 2.45) is 0 Å². The van der Waals surface area contributed by atoms with Crippen molar-refractivity contribution in [3.8, 4) is 24.7 Å². The molecule has 0 aromatic rings. The number of carbonyl (C=O) groups is 2. The molecule has 0 heterocycles. The van der Waals surface area contributed by atoms with Crippen LogP contribution in [0.1, 0.15) is 26.2 Å². The second-order valence-electron chi connectivity index (χ2n) is 3.43. The number of unbranched alkanes of at least 4 members (excludes halogenated alkanes) is 1. The molecule has 1 atom stereocenters. The molecule has 0 saturated heterocycles. The van der Waals surface area contributed by atoms with Crippen molar-refractivity contribution in [3.05, 3.63) is 0 Å². The van der Waals surface area contributed by atoms with Gasteiger partial charge >= 0.3 is 12.1 Å². The molecule has 5 nitrogen and oxygen atoms in total. The Morgan fingerprint density at radius 2 is 1.83 bits per heavy atom. The van der Waals surface area contributed by atoms with Gasteiger partial charge in [0.2, 0.25) is 0 Å². The molecule has 98 valence electrons. The molecule has 0 rings (SSSR count). The van der Waals surface area contributed by atoms with Gasteiger partial charge in [0, 0.05) is 0 Å². The molecule has 1 unspecified atom stereocenters. The summed E-state index contributed by atoms with van der Waals surface area (Å²) >= 11 is 0. The van der Waals surface area contributed by atoms with E-state index in [-0.39, 0.29) is 13.2 Å². The Labute approximate surface area is 107 Å². The number of alkyl carbamates (subject to hydrolysis) is 1. The highest BCUT2D eigenvalue weighted by Crippen LogP contribution is 2.03. The highest BCUT2D eigenvalue weighted by Gasteiger charge is 2.22. The maximum atomic E-state index is 11.6. The summed E-state index contributed by atoms with van der Waals surface area (Å²) in [6.45, 7) is 1.70. The van der Waals surface area contributed by atoms with E-state index in [9.17, 15) is 9.59 Å². The number of ether oxygens (including phenoxy) is 2. The standard InChI is InChI=1S/C13H17NO4/c1-4-7-8-11(12(15)17-9-5-2)14-13(16)18-10-6-3/h2-3,11H,4,7-10H2,1H3,(H,14,16). The van der Waals surface area contributed by atoms with Crippen LogP contribution in [0.2, 0.25) is 0 Å². The van der Waals surface area contributed by atoms with Gasteiger partial charge in [0.25, 0.3) is 0 Å². The van der Waals surface area contributed by atoms with Crippen LogP contribution >= 0.6 is 0 Å². The van der Waals surface area contributed by atoms with Crippen molar-refractivity contribution in [1.29, 1.82) is 0 Å². The van der Waals surface area contributed by atoms with Crippen LogP contribution in [0, 0.1) is 24.7 Å². The van der Waals surface area contributed by atoms with E-state index in [1.54, 1.807) is 0 Å². The molecular formula is C13H17NO4. The monoisotopic (exact) mass is 251 g/mol. The number of esters is 1. The zero-order valence-corrected chi connectivity index (χ0v) is 10.4. The molecule has 0 aliphatic carbocycles. The van der Waals surface area contributed by atoms with Crippen molar-refractivity contribution in [3.63, 3.8) is 0 Å². The van der Waals surface area contributed by atoms with Crippen LogP contribution in [-0.2, 0) is 14.3 Å². The molecule has 0 aromatic heterocycles. The molecule has 5 heteroatoms. The smallest absolute Gasteiger partial charge is 0.408 e. The van der Waals surface area contributed by atoms with Gasteiger partial charge in [-0.3, -0.25) is 0 Å². The van der Waals surface area contributed by atoms with E-state index in [1.165, 1.54) is 0 Å². The molecule has 0 radical (unpaired) electrons. The first-order valence-electron chi connectivity index (χ1n) is 5.62. The Hall–Kier alpha value is -2.14. The van der Waals surface area contributed by atoms with Crippen LogP contribution in [0.25, 0.3) is 0 Å². The van der Waals surface area contributed by atoms with Gasteiger partial charge in [0.05, 0.1) is 0 Å². The lowest BCUT2D eigenvalue weighted by atomic mass is 10.1. The molecule has 1 N–H and O–H groups in total. The van der Waals surface area contributed by atoms with E-state index in [1.807, 2.05) is 6.92 Å². The quantitative estimate of drug-likeness (QED) is 0.543. The fourth-order valence-corrected chi connectivity index (χ4v) is 1.16. The van der Waals surface area contributed by atoms with E-state index in [0.717, 1.165) is 12.8 Å². The second kappa shape index (κ2) is 10.0. The number of carbonyl (C=O) groups excluding carboxylic acids is 2. The molecule has 0 fully saturated rings. The van der Waals surface area contributed by atoms with Crippen LogP contribution in [0.15, 0.2) is 0 Å². The third-order valence-electron chi connectivity index (χ3n) is 2.01. The second-order valence-corrected chi connectivity index (χ2v) is 3.43. The summed E-state index contributed by atoms with van der Waals surface area (Å²) in [5.41, 5.74) is 0. The van der Waals surface area contributed by atoms with Crippen LogP contribution in [0.4, 0.5) is 4.79 Å². The number of hydrogen-bond acceptors (Lipinski definition) is 4. The number of amides is 1. The molecule has 0 aliphatic rings. The van der Waals surface area contributed by atoms with Crippen molar-refractivity contribution in [2.45, 2.75) is 32.2 Å². The molecular weight excluding hydrogens is 234 g/mol. The van der Waals surface area contributed by atoms with E-state index in [4.69, 9.17) is 17.6 Å². The largest absolute Gasteiger partial charge is 0.451 e. The maximum absolute atomic E-state index is 11.6. The average molecular weight is 251 g/mol. The Kier molecular flexibility index (Phi) is 8.85. The third kappa shape index (κ3) is 7.19. The van der Waals surface area contributed by atoms with Gasteiger partial charge in [-0.15, -0.1) is 12.8 Å². The number of hydrogen-bond donors (Lipinski definition) is 1. The maximum Gasteiger partial charge on any atom is 0.408 e. The van der Waals surface area contributed by atoms with Gasteiger partial charge in [0.15, 0.2) is 13.2 Å². The van der Waals surface area contributed by atoms with Crippen molar-refractivity contribution in [2.75, 3.05) is 13.2 Å². The van der Waals surface area contributed by atoms with Crippen LogP contribution in [0.3, 0.4) is 0 Å². The zero-order valence-electron chi connectivity index (χ0n) is 10.4. The predicted octanol–water partition coefficient (Wildman–Crippen LogP) is 1.08. The summed E-state index contributed by atoms with van der Waals surface area (Å²) in [4.78, 5) is 22.9. The lowest BCUT2D eigenvalue weighted by molar-refractivity contribution is -0.144. The minimum absolute atomic E-state index is 0.122. The highest BCUT2D eigenvalue weighted by atomic mass is 16.6. The van der Waals surface area contributed by atoms with E-state index < -0.39 is 18.1 Å². The first kappa shape index (κ1) is 15.9. The minimum Gasteiger partial charge on any atom is -0.451 e. The lowest BCUT2D eigenvalue weighted by Gasteiger charge is -2.16. The first-order chi connectivity index (χ1) is 8.65. The Balaban J connectivity index is 4.30. The van der Waals surface area contributed by atoms with Crippen molar-refractivity contribution < 1.29 is 19.1 Å². The van der Waals surface area contributed by atoms with Gasteiger partial charge in [-0.1, -0.05) is 31.6 Å². The summed E-state index contributed by atoms with van der Waals surface area (Å²) in [6, 6.07) is -0.761. The summed E-state index contributed by atoms with van der Waals surface area (Å²) in [5.74, 6) is 3.77. The van der Waals surface area contributed by atoms with Gasteiger partial charge in [-0.05, 0) is 6.42 Å². The minimum atomic E-state index is -0.761. The Morgan fingerprint density at radius 3 is 2.39 bits per heavy atom. The predicted molar refractivity (Wildman–Crippen MR) is 66.4 cm³/mol. The lowest BCUT2D eigenvalue weighted by Crippen LogP contribution is -2.42. The van der Waals surface area contributed by atoms with E-state index in [0.29, 0.717) is 6.42 Å². The molecule has 0 saturated carbocycles.